The fraction of sp³-hybridized carbons (Fsp3) is 0.240. The molecule has 0 spiro atoms. The van der Waals surface area contributed by atoms with Crippen molar-refractivity contribution >= 4 is 39.8 Å². The van der Waals surface area contributed by atoms with Crippen molar-refractivity contribution in [2.24, 2.45) is 0 Å². The summed E-state index contributed by atoms with van der Waals surface area (Å²) in [7, 11) is 2.83. The Balaban J connectivity index is 1.85. The van der Waals surface area contributed by atoms with Crippen LogP contribution in [0.25, 0.3) is 0 Å². The van der Waals surface area contributed by atoms with Gasteiger partial charge in [-0.2, -0.15) is 0 Å². The average Bonchev–Trinajstić information content (AvgIpc) is 3.12. The van der Waals surface area contributed by atoms with Gasteiger partial charge in [-0.25, -0.2) is 4.79 Å². The second-order valence-electron chi connectivity index (χ2n) is 7.53. The third-order valence-corrected chi connectivity index (χ3v) is 6.58. The molecule has 0 unspecified atom stereocenters. The van der Waals surface area contributed by atoms with E-state index in [1.54, 1.807) is 38.3 Å². The zero-order valence-corrected chi connectivity index (χ0v) is 20.0. The third kappa shape index (κ3) is 5.40. The summed E-state index contributed by atoms with van der Waals surface area (Å²) in [5, 5.41) is 5.96. The number of nitrogens with one attached hydrogen (secondary N) is 2. The standard InChI is InChI=1S/C25H26N2O5S/c1-14-7-6-8-19(15(14)2)26-23(29)22-16(3)21(25(30)32-5)24(33-22)27-20(28)13-17-9-11-18(31-4)12-10-17/h6-12H,13H2,1-5H3,(H,26,29)(H,27,28). The molecule has 33 heavy (non-hydrogen) atoms. The molecule has 0 fully saturated rings. The van der Waals surface area contributed by atoms with Gasteiger partial charge in [0.15, 0.2) is 0 Å². The van der Waals surface area contributed by atoms with E-state index in [1.165, 1.54) is 7.11 Å². The number of methoxy groups -OCH3 is 2. The molecule has 1 aromatic heterocycles. The van der Waals surface area contributed by atoms with Crippen molar-refractivity contribution < 1.29 is 23.9 Å². The van der Waals surface area contributed by atoms with E-state index in [-0.39, 0.29) is 28.8 Å². The average molecular weight is 467 g/mol. The lowest BCUT2D eigenvalue weighted by molar-refractivity contribution is -0.115. The highest BCUT2D eigenvalue weighted by Crippen LogP contribution is 2.34. The van der Waals surface area contributed by atoms with Crippen molar-refractivity contribution in [2.75, 3.05) is 24.9 Å². The summed E-state index contributed by atoms with van der Waals surface area (Å²) in [6.45, 7) is 5.56. The summed E-state index contributed by atoms with van der Waals surface area (Å²) in [6, 6.07) is 12.8. The van der Waals surface area contributed by atoms with Crippen LogP contribution in [0.3, 0.4) is 0 Å². The summed E-state index contributed by atoms with van der Waals surface area (Å²) < 4.78 is 10.0. The molecule has 0 saturated heterocycles. The lowest BCUT2D eigenvalue weighted by atomic mass is 10.1. The Morgan fingerprint density at radius 2 is 1.61 bits per heavy atom. The second-order valence-corrected chi connectivity index (χ2v) is 8.55. The number of carbonyl (C=O) groups excluding carboxylic acids is 3. The topological polar surface area (TPSA) is 93.7 Å². The minimum atomic E-state index is -0.616. The van der Waals surface area contributed by atoms with E-state index < -0.39 is 5.97 Å². The zero-order valence-electron chi connectivity index (χ0n) is 19.2. The van der Waals surface area contributed by atoms with Gasteiger partial charge in [0.1, 0.15) is 10.8 Å². The van der Waals surface area contributed by atoms with Crippen molar-refractivity contribution in [1.82, 2.24) is 0 Å². The number of rotatable bonds is 7. The molecule has 172 valence electrons. The number of carbonyl (C=O) groups is 3. The Bertz CT molecular complexity index is 1200. The fourth-order valence-electron chi connectivity index (χ4n) is 3.33. The second kappa shape index (κ2) is 10.3. The highest BCUT2D eigenvalue weighted by molar-refractivity contribution is 7.19. The molecule has 0 aliphatic rings. The van der Waals surface area contributed by atoms with Crippen LogP contribution in [-0.2, 0) is 16.0 Å². The maximum atomic E-state index is 13.0. The first kappa shape index (κ1) is 24.0. The van der Waals surface area contributed by atoms with Crippen molar-refractivity contribution in [3.8, 4) is 5.75 Å². The Morgan fingerprint density at radius 3 is 2.24 bits per heavy atom. The van der Waals surface area contributed by atoms with E-state index >= 15 is 0 Å². The number of anilines is 2. The van der Waals surface area contributed by atoms with Crippen LogP contribution in [0, 0.1) is 20.8 Å². The number of esters is 1. The number of ether oxygens (including phenoxy) is 2. The van der Waals surface area contributed by atoms with Gasteiger partial charge in [0, 0.05) is 5.69 Å². The lowest BCUT2D eigenvalue weighted by Gasteiger charge is -2.10. The van der Waals surface area contributed by atoms with E-state index in [9.17, 15) is 14.4 Å². The molecule has 0 aliphatic heterocycles. The molecule has 2 amide bonds. The molecule has 0 bridgehead atoms. The maximum Gasteiger partial charge on any atom is 0.341 e. The molecule has 1 heterocycles. The summed E-state index contributed by atoms with van der Waals surface area (Å²) in [5.74, 6) is -0.588. The molecule has 2 aromatic carbocycles. The van der Waals surface area contributed by atoms with E-state index in [2.05, 4.69) is 10.6 Å². The van der Waals surface area contributed by atoms with Crippen molar-refractivity contribution in [1.29, 1.82) is 0 Å². The Labute approximate surface area is 196 Å². The SMILES string of the molecule is COC(=O)c1c(NC(=O)Cc2ccc(OC)cc2)sc(C(=O)Nc2cccc(C)c2C)c1C. The third-order valence-electron chi connectivity index (χ3n) is 5.37. The maximum absolute atomic E-state index is 13.0. The van der Waals surface area contributed by atoms with Crippen LogP contribution >= 0.6 is 11.3 Å². The van der Waals surface area contributed by atoms with Crippen molar-refractivity contribution in [2.45, 2.75) is 27.2 Å². The molecule has 0 saturated carbocycles. The van der Waals surface area contributed by atoms with Crippen molar-refractivity contribution in [3.05, 3.63) is 75.2 Å². The summed E-state index contributed by atoms with van der Waals surface area (Å²) in [6.07, 6.45) is 0.103. The van der Waals surface area contributed by atoms with Gasteiger partial charge in [0.25, 0.3) is 5.91 Å². The largest absolute Gasteiger partial charge is 0.497 e. The molecule has 0 radical (unpaired) electrons. The van der Waals surface area contributed by atoms with Crippen LogP contribution in [0.15, 0.2) is 42.5 Å². The van der Waals surface area contributed by atoms with Gasteiger partial charge in [-0.3, -0.25) is 9.59 Å². The zero-order chi connectivity index (χ0) is 24.1. The summed E-state index contributed by atoms with van der Waals surface area (Å²) in [5.41, 5.74) is 4.12. The van der Waals surface area contributed by atoms with Crippen LogP contribution in [0.5, 0.6) is 5.75 Å². The number of aryl methyl sites for hydroxylation is 1. The number of benzene rings is 2. The fourth-order valence-corrected chi connectivity index (χ4v) is 4.44. The molecular weight excluding hydrogens is 440 g/mol. The quantitative estimate of drug-likeness (QED) is 0.483. The highest BCUT2D eigenvalue weighted by Gasteiger charge is 2.26. The Kier molecular flexibility index (Phi) is 7.50. The molecule has 2 N–H and O–H groups in total. The molecule has 3 rings (SSSR count). The van der Waals surface area contributed by atoms with Gasteiger partial charge in [0.2, 0.25) is 5.91 Å². The van der Waals surface area contributed by atoms with E-state index in [0.29, 0.717) is 21.9 Å². The normalized spacial score (nSPS) is 10.5. The number of hydrogen-bond donors (Lipinski definition) is 2. The van der Waals surface area contributed by atoms with Gasteiger partial charge >= 0.3 is 5.97 Å². The van der Waals surface area contributed by atoms with Crippen LogP contribution in [0.2, 0.25) is 0 Å². The number of hydrogen-bond acceptors (Lipinski definition) is 6. The van der Waals surface area contributed by atoms with Gasteiger partial charge in [-0.05, 0) is 61.2 Å². The van der Waals surface area contributed by atoms with Crippen molar-refractivity contribution in [3.63, 3.8) is 0 Å². The number of thiophene rings is 1. The Morgan fingerprint density at radius 1 is 0.909 bits per heavy atom. The number of amides is 2. The Hall–Kier alpha value is -3.65. The first-order valence-electron chi connectivity index (χ1n) is 10.3. The minimum absolute atomic E-state index is 0.103. The van der Waals surface area contributed by atoms with Gasteiger partial charge in [-0.1, -0.05) is 24.3 Å². The van der Waals surface area contributed by atoms with Crippen LogP contribution < -0.4 is 15.4 Å². The molecular formula is C25H26N2O5S. The summed E-state index contributed by atoms with van der Waals surface area (Å²) >= 11 is 1.05. The van der Waals surface area contributed by atoms with E-state index in [0.717, 1.165) is 28.0 Å². The lowest BCUT2D eigenvalue weighted by Crippen LogP contribution is -2.16. The summed E-state index contributed by atoms with van der Waals surface area (Å²) in [4.78, 5) is 38.5. The predicted molar refractivity (Wildman–Crippen MR) is 130 cm³/mol. The van der Waals surface area contributed by atoms with Gasteiger partial charge < -0.3 is 20.1 Å². The smallest absolute Gasteiger partial charge is 0.341 e. The predicted octanol–water partition coefficient (Wildman–Crippen LogP) is 4.90. The van der Waals surface area contributed by atoms with Crippen LogP contribution in [-0.4, -0.2) is 32.0 Å². The minimum Gasteiger partial charge on any atom is -0.497 e. The molecule has 0 aliphatic carbocycles. The monoisotopic (exact) mass is 466 g/mol. The molecule has 7 nitrogen and oxygen atoms in total. The van der Waals surface area contributed by atoms with Crippen LogP contribution in [0.1, 0.15) is 42.3 Å². The molecule has 0 atom stereocenters. The van der Waals surface area contributed by atoms with Crippen LogP contribution in [0.4, 0.5) is 10.7 Å². The molecule has 3 aromatic rings. The van der Waals surface area contributed by atoms with E-state index in [1.807, 2.05) is 32.0 Å². The van der Waals surface area contributed by atoms with Gasteiger partial charge in [-0.15, -0.1) is 11.3 Å². The molecule has 8 heteroatoms. The highest BCUT2D eigenvalue weighted by atomic mass is 32.1. The first-order valence-corrected chi connectivity index (χ1v) is 11.1. The van der Waals surface area contributed by atoms with E-state index in [4.69, 9.17) is 9.47 Å². The first-order chi connectivity index (χ1) is 15.7. The van der Waals surface area contributed by atoms with Gasteiger partial charge in [0.05, 0.1) is 31.1 Å².